The molecule has 0 spiro atoms. The largest absolute Gasteiger partial charge is 0.497 e. The Bertz CT molecular complexity index is 719. The number of nitrogens with zero attached hydrogens (tertiary/aromatic N) is 2. The summed E-state index contributed by atoms with van der Waals surface area (Å²) < 4.78 is 5.21. The molecule has 5 heteroatoms. The summed E-state index contributed by atoms with van der Waals surface area (Å²) >= 11 is 0. The lowest BCUT2D eigenvalue weighted by molar-refractivity contribution is -0.151. The molecule has 2 unspecified atom stereocenters. The van der Waals surface area contributed by atoms with Crippen LogP contribution in [0.4, 0.5) is 5.69 Å². The number of anilines is 1. The Hall–Kier alpha value is -2.04. The van der Waals surface area contributed by atoms with Gasteiger partial charge in [-0.15, -0.1) is 0 Å². The van der Waals surface area contributed by atoms with E-state index in [1.807, 2.05) is 30.9 Å². The number of hydrogen-bond acceptors (Lipinski definition) is 4. The number of amides is 1. The molecule has 3 fully saturated rings. The first-order valence-corrected chi connectivity index (χ1v) is 9.62. The van der Waals surface area contributed by atoms with Crippen molar-refractivity contribution in [1.29, 1.82) is 0 Å². The molecule has 1 aromatic carbocycles. The van der Waals surface area contributed by atoms with Crippen LogP contribution in [0.2, 0.25) is 0 Å². The number of ether oxygens (including phenoxy) is 1. The van der Waals surface area contributed by atoms with Gasteiger partial charge in [0.05, 0.1) is 7.11 Å². The van der Waals surface area contributed by atoms with Crippen molar-refractivity contribution in [1.82, 2.24) is 4.90 Å². The number of Topliss-reactive ketones (excluding diaryl/α,β-unsaturated/α-hetero) is 1. The van der Waals surface area contributed by atoms with Gasteiger partial charge in [-0.05, 0) is 49.4 Å². The Morgan fingerprint density at radius 3 is 2.31 bits per heavy atom. The van der Waals surface area contributed by atoms with E-state index in [4.69, 9.17) is 4.74 Å². The van der Waals surface area contributed by atoms with E-state index in [0.29, 0.717) is 19.0 Å². The summed E-state index contributed by atoms with van der Waals surface area (Å²) in [6.45, 7) is 7.02. The minimum absolute atomic E-state index is 0.0879. The molecule has 1 heterocycles. The quantitative estimate of drug-likeness (QED) is 0.782. The van der Waals surface area contributed by atoms with Gasteiger partial charge in [0, 0.05) is 37.3 Å². The van der Waals surface area contributed by atoms with Crippen molar-refractivity contribution in [2.75, 3.05) is 38.2 Å². The van der Waals surface area contributed by atoms with Crippen LogP contribution in [0.15, 0.2) is 24.3 Å². The predicted octanol–water partition coefficient (Wildman–Crippen LogP) is 2.74. The molecule has 26 heavy (non-hydrogen) atoms. The summed E-state index contributed by atoms with van der Waals surface area (Å²) in [5.74, 6) is 1.49. The number of hydrogen-bond donors (Lipinski definition) is 0. The number of rotatable bonds is 3. The molecule has 2 atom stereocenters. The smallest absolute Gasteiger partial charge is 0.236 e. The summed E-state index contributed by atoms with van der Waals surface area (Å²) in [7, 11) is 1.66. The molecule has 4 rings (SSSR count). The summed E-state index contributed by atoms with van der Waals surface area (Å²) in [5.41, 5.74) is 0.0880. The summed E-state index contributed by atoms with van der Waals surface area (Å²) in [5, 5.41) is 0. The van der Waals surface area contributed by atoms with Crippen molar-refractivity contribution < 1.29 is 14.3 Å². The van der Waals surface area contributed by atoms with Crippen LogP contribution in [0, 0.1) is 16.7 Å². The van der Waals surface area contributed by atoms with Crippen molar-refractivity contribution in [3.63, 3.8) is 0 Å². The van der Waals surface area contributed by atoms with Crippen molar-refractivity contribution in [3.05, 3.63) is 24.3 Å². The van der Waals surface area contributed by atoms with Crippen LogP contribution in [0.25, 0.3) is 0 Å². The number of methoxy groups -OCH3 is 1. The second-order valence-electron chi connectivity index (χ2n) is 8.55. The van der Waals surface area contributed by atoms with Gasteiger partial charge in [-0.1, -0.05) is 13.8 Å². The Morgan fingerprint density at radius 1 is 1.12 bits per heavy atom. The first-order valence-electron chi connectivity index (χ1n) is 9.62. The molecule has 2 aliphatic carbocycles. The van der Waals surface area contributed by atoms with Gasteiger partial charge in [-0.2, -0.15) is 0 Å². The average Bonchev–Trinajstić information content (AvgIpc) is 3.20. The van der Waals surface area contributed by atoms with Crippen LogP contribution in [-0.2, 0) is 9.59 Å². The molecular formula is C21H28N2O3. The third-order valence-corrected chi connectivity index (χ3v) is 6.97. The summed E-state index contributed by atoms with van der Waals surface area (Å²) in [6.07, 6.45) is 2.52. The normalized spacial score (nSPS) is 30.0. The lowest BCUT2D eigenvalue weighted by Crippen LogP contribution is -2.55. The number of fused-ring (bicyclic) bond motifs is 2. The van der Waals surface area contributed by atoms with E-state index in [1.165, 1.54) is 0 Å². The summed E-state index contributed by atoms with van der Waals surface area (Å²) in [4.78, 5) is 30.5. The standard InChI is InChI=1S/C21H28N2O3/c1-20(2)15-8-9-21(14-15,18(20)24)19(25)23-12-10-22(11-13-23)16-4-6-17(26-3)7-5-16/h4-7,15H,8-14H2,1-3H3. The van der Waals surface area contributed by atoms with E-state index < -0.39 is 5.41 Å². The van der Waals surface area contributed by atoms with Gasteiger partial charge in [-0.25, -0.2) is 0 Å². The molecule has 1 amide bonds. The van der Waals surface area contributed by atoms with Gasteiger partial charge >= 0.3 is 0 Å². The van der Waals surface area contributed by atoms with Crippen molar-refractivity contribution in [3.8, 4) is 5.75 Å². The average molecular weight is 356 g/mol. The van der Waals surface area contributed by atoms with Crippen molar-refractivity contribution in [2.45, 2.75) is 33.1 Å². The van der Waals surface area contributed by atoms with Crippen LogP contribution in [0.1, 0.15) is 33.1 Å². The lowest BCUT2D eigenvalue weighted by Gasteiger charge is -2.40. The fraction of sp³-hybridized carbons (Fsp3) is 0.619. The molecule has 5 nitrogen and oxygen atoms in total. The SMILES string of the molecule is COc1ccc(N2CCN(C(=O)C34CCC(C3)C(C)(C)C4=O)CC2)cc1. The number of ketones is 1. The minimum atomic E-state index is -0.726. The van der Waals surface area contributed by atoms with E-state index in [0.717, 1.165) is 43.8 Å². The molecule has 0 N–H and O–H groups in total. The van der Waals surface area contributed by atoms with Gasteiger partial charge in [0.15, 0.2) is 5.78 Å². The highest BCUT2D eigenvalue weighted by Crippen LogP contribution is 2.60. The number of benzene rings is 1. The number of piperazine rings is 1. The van der Waals surface area contributed by atoms with Crippen molar-refractivity contribution in [2.24, 2.45) is 16.7 Å². The maximum absolute atomic E-state index is 13.3. The zero-order valence-electron chi connectivity index (χ0n) is 16.0. The maximum Gasteiger partial charge on any atom is 0.236 e. The van der Waals surface area contributed by atoms with Gasteiger partial charge in [0.1, 0.15) is 11.2 Å². The fourth-order valence-corrected chi connectivity index (χ4v) is 5.22. The molecule has 1 aromatic rings. The molecular weight excluding hydrogens is 328 g/mol. The molecule has 3 aliphatic rings. The first-order chi connectivity index (χ1) is 12.4. The monoisotopic (exact) mass is 356 g/mol. The van der Waals surface area contributed by atoms with E-state index in [2.05, 4.69) is 17.0 Å². The molecule has 0 radical (unpaired) electrons. The highest BCUT2D eigenvalue weighted by molar-refractivity contribution is 6.10. The topological polar surface area (TPSA) is 49.9 Å². The minimum Gasteiger partial charge on any atom is -0.497 e. The molecule has 0 aromatic heterocycles. The van der Waals surface area contributed by atoms with E-state index in [1.54, 1.807) is 7.11 Å². The van der Waals surface area contributed by atoms with Gasteiger partial charge < -0.3 is 14.5 Å². The summed E-state index contributed by atoms with van der Waals surface area (Å²) in [6, 6.07) is 8.03. The zero-order chi connectivity index (χ0) is 18.5. The van der Waals surface area contributed by atoms with E-state index in [-0.39, 0.29) is 17.1 Å². The Labute approximate surface area is 155 Å². The van der Waals surface area contributed by atoms with Crippen LogP contribution in [-0.4, -0.2) is 49.9 Å². The molecule has 2 bridgehead atoms. The van der Waals surface area contributed by atoms with Gasteiger partial charge in [0.25, 0.3) is 0 Å². The van der Waals surface area contributed by atoms with Crippen LogP contribution in [0.3, 0.4) is 0 Å². The second-order valence-corrected chi connectivity index (χ2v) is 8.55. The molecule has 1 saturated heterocycles. The molecule has 140 valence electrons. The highest BCUT2D eigenvalue weighted by atomic mass is 16.5. The van der Waals surface area contributed by atoms with Gasteiger partial charge in [-0.3, -0.25) is 9.59 Å². The second kappa shape index (κ2) is 6.00. The van der Waals surface area contributed by atoms with Crippen LogP contribution < -0.4 is 9.64 Å². The lowest BCUT2D eigenvalue weighted by atomic mass is 9.70. The number of carbonyl (C=O) groups excluding carboxylic acids is 2. The third kappa shape index (κ3) is 2.43. The molecule has 1 aliphatic heterocycles. The van der Waals surface area contributed by atoms with Crippen molar-refractivity contribution >= 4 is 17.4 Å². The zero-order valence-corrected chi connectivity index (χ0v) is 16.0. The van der Waals surface area contributed by atoms with E-state index >= 15 is 0 Å². The fourth-order valence-electron chi connectivity index (χ4n) is 5.22. The number of carbonyl (C=O) groups is 2. The van der Waals surface area contributed by atoms with Gasteiger partial charge in [0.2, 0.25) is 5.91 Å². The Balaban J connectivity index is 1.43. The molecule has 2 saturated carbocycles. The predicted molar refractivity (Wildman–Crippen MR) is 100 cm³/mol. The maximum atomic E-state index is 13.3. The Kier molecular flexibility index (Phi) is 4.01. The Morgan fingerprint density at radius 2 is 1.77 bits per heavy atom. The highest BCUT2D eigenvalue weighted by Gasteiger charge is 2.65. The third-order valence-electron chi connectivity index (χ3n) is 6.97. The first kappa shape index (κ1) is 17.4. The van der Waals surface area contributed by atoms with Crippen LogP contribution in [0.5, 0.6) is 5.75 Å². The van der Waals surface area contributed by atoms with Crippen LogP contribution >= 0.6 is 0 Å². The van der Waals surface area contributed by atoms with E-state index in [9.17, 15) is 9.59 Å².